The molecular weight excluding hydrogens is 500 g/mol. The van der Waals surface area contributed by atoms with Crippen molar-refractivity contribution in [3.8, 4) is 0 Å². The number of hydrogen-bond donors (Lipinski definition) is 0. The van der Waals surface area contributed by atoms with Gasteiger partial charge in [0.15, 0.2) is 5.72 Å². The molecule has 2 aliphatic heterocycles. The lowest BCUT2D eigenvalue weighted by molar-refractivity contribution is -0.0463. The highest BCUT2D eigenvalue weighted by Gasteiger charge is 2.55. The molecule has 5 rings (SSSR count). The maximum atomic E-state index is 7.13. The molecule has 0 radical (unpaired) electrons. The fourth-order valence-electron chi connectivity index (χ4n) is 6.89. The Hall–Kier alpha value is -2.75. The van der Waals surface area contributed by atoms with Gasteiger partial charge in [0.05, 0.1) is 0 Å². The molecule has 3 aliphatic rings. The Balaban J connectivity index is 1.49. The van der Waals surface area contributed by atoms with Crippen LogP contribution in [0.5, 0.6) is 0 Å². The van der Waals surface area contributed by atoms with E-state index in [2.05, 4.69) is 131 Å². The van der Waals surface area contributed by atoms with Gasteiger partial charge >= 0.3 is 0 Å². The van der Waals surface area contributed by atoms with Gasteiger partial charge in [-0.3, -0.25) is 0 Å². The Morgan fingerprint density at radius 1 is 0.897 bits per heavy atom. The molecule has 1 aliphatic carbocycles. The van der Waals surface area contributed by atoms with Crippen molar-refractivity contribution in [3.63, 3.8) is 0 Å². The number of allylic oxidation sites excluding steroid dienone is 7. The highest BCUT2D eigenvalue weighted by molar-refractivity contribution is 6.32. The fourth-order valence-corrected chi connectivity index (χ4v) is 7.21. The van der Waals surface area contributed by atoms with Gasteiger partial charge in [0, 0.05) is 53.6 Å². The lowest BCUT2D eigenvalue weighted by atomic mass is 9.77. The normalized spacial score (nSPS) is 25.7. The van der Waals surface area contributed by atoms with Crippen molar-refractivity contribution >= 4 is 23.0 Å². The summed E-state index contributed by atoms with van der Waals surface area (Å²) in [5.41, 5.74) is 8.03. The van der Waals surface area contributed by atoms with Gasteiger partial charge < -0.3 is 14.5 Å². The second-order valence-corrected chi connectivity index (χ2v) is 12.6. The summed E-state index contributed by atoms with van der Waals surface area (Å²) in [5.74, 6) is 0. The zero-order valence-electron chi connectivity index (χ0n) is 24.6. The summed E-state index contributed by atoms with van der Waals surface area (Å²) in [7, 11) is 4.32. The molecule has 0 fully saturated rings. The van der Waals surface area contributed by atoms with Crippen LogP contribution in [0.2, 0.25) is 0 Å². The Kier molecular flexibility index (Phi) is 7.37. The molecular formula is C35H43ClN2O. The highest BCUT2D eigenvalue weighted by atomic mass is 35.5. The minimum absolute atomic E-state index is 0.0490. The van der Waals surface area contributed by atoms with Crippen LogP contribution in [0.3, 0.4) is 0 Å². The first-order valence-electron chi connectivity index (χ1n) is 14.4. The molecule has 1 unspecified atom stereocenters. The summed E-state index contributed by atoms with van der Waals surface area (Å²) in [6.45, 7) is 12.1. The largest absolute Gasteiger partial charge is 0.351 e. The molecule has 0 aromatic heterocycles. The minimum atomic E-state index is -0.581. The van der Waals surface area contributed by atoms with Gasteiger partial charge in [0.25, 0.3) is 0 Å². The number of rotatable bonds is 6. The first-order valence-corrected chi connectivity index (χ1v) is 14.7. The van der Waals surface area contributed by atoms with Crippen LogP contribution in [0.4, 0.5) is 11.4 Å². The molecule has 0 N–H and O–H groups in total. The highest BCUT2D eigenvalue weighted by Crippen LogP contribution is 2.53. The lowest BCUT2D eigenvalue weighted by Gasteiger charge is -2.44. The summed E-state index contributed by atoms with van der Waals surface area (Å²) < 4.78 is 6.73. The molecule has 3 nitrogen and oxygen atoms in total. The summed E-state index contributed by atoms with van der Waals surface area (Å²) in [6.07, 6.45) is 13.1. The monoisotopic (exact) mass is 542 g/mol. The Bertz CT molecular complexity index is 1380. The summed E-state index contributed by atoms with van der Waals surface area (Å²) in [6, 6.07) is 17.4. The second kappa shape index (κ2) is 10.3. The fraction of sp³-hybridized carbons (Fsp3) is 0.429. The maximum Gasteiger partial charge on any atom is 0.169 e. The molecule has 0 spiro atoms. The van der Waals surface area contributed by atoms with Crippen LogP contribution in [0, 0.1) is 0 Å². The average Bonchev–Trinajstić information content (AvgIpc) is 3.22. The number of likely N-dealkylation sites (N-methyl/N-ethyl adjacent to an activating group) is 2. The third-order valence-corrected chi connectivity index (χ3v) is 9.69. The molecule has 2 aromatic carbocycles. The molecule has 0 saturated carbocycles. The quantitative estimate of drug-likeness (QED) is 0.362. The molecule has 0 saturated heterocycles. The van der Waals surface area contributed by atoms with E-state index in [1.165, 1.54) is 39.3 Å². The molecule has 39 heavy (non-hydrogen) atoms. The number of hydrogen-bond acceptors (Lipinski definition) is 3. The Labute approximate surface area is 240 Å². The van der Waals surface area contributed by atoms with Crippen LogP contribution in [0.1, 0.15) is 71.4 Å². The molecule has 4 heteroatoms. The number of para-hydroxylation sites is 2. The smallest absolute Gasteiger partial charge is 0.169 e. The van der Waals surface area contributed by atoms with Gasteiger partial charge in [-0.25, -0.2) is 0 Å². The third-order valence-electron chi connectivity index (χ3n) is 9.21. The van der Waals surface area contributed by atoms with Crippen molar-refractivity contribution in [2.75, 3.05) is 30.5 Å². The predicted octanol–water partition coefficient (Wildman–Crippen LogP) is 9.01. The van der Waals surface area contributed by atoms with E-state index in [1.807, 2.05) is 0 Å². The predicted molar refractivity (Wildman–Crippen MR) is 167 cm³/mol. The molecule has 0 amide bonds. The zero-order chi connectivity index (χ0) is 28.0. The molecule has 2 aromatic rings. The van der Waals surface area contributed by atoms with E-state index in [1.54, 1.807) is 0 Å². The van der Waals surface area contributed by atoms with Gasteiger partial charge in [-0.15, -0.1) is 0 Å². The molecule has 1 atom stereocenters. The third kappa shape index (κ3) is 4.39. The van der Waals surface area contributed by atoms with Gasteiger partial charge in [-0.2, -0.15) is 0 Å². The van der Waals surface area contributed by atoms with E-state index in [0.29, 0.717) is 6.61 Å². The van der Waals surface area contributed by atoms with Crippen LogP contribution in [-0.2, 0) is 15.6 Å². The number of benzene rings is 2. The van der Waals surface area contributed by atoms with Crippen LogP contribution in [0.25, 0.3) is 0 Å². The van der Waals surface area contributed by atoms with E-state index in [-0.39, 0.29) is 10.8 Å². The number of halogens is 1. The van der Waals surface area contributed by atoms with Crippen molar-refractivity contribution in [3.05, 3.63) is 106 Å². The van der Waals surface area contributed by atoms with Crippen molar-refractivity contribution in [1.82, 2.24) is 0 Å². The number of fused-ring (bicyclic) bond motifs is 2. The van der Waals surface area contributed by atoms with E-state index < -0.39 is 5.72 Å². The molecule has 0 bridgehead atoms. The van der Waals surface area contributed by atoms with Crippen LogP contribution < -0.4 is 9.80 Å². The van der Waals surface area contributed by atoms with Gasteiger partial charge in [-0.05, 0) is 72.2 Å². The number of ether oxygens (including phenoxy) is 1. The Morgan fingerprint density at radius 2 is 1.56 bits per heavy atom. The van der Waals surface area contributed by atoms with E-state index in [9.17, 15) is 0 Å². The number of anilines is 2. The van der Waals surface area contributed by atoms with E-state index >= 15 is 0 Å². The lowest BCUT2D eigenvalue weighted by Crippen LogP contribution is -2.55. The van der Waals surface area contributed by atoms with E-state index in [0.717, 1.165) is 30.7 Å². The Morgan fingerprint density at radius 3 is 2.23 bits per heavy atom. The first-order chi connectivity index (χ1) is 18.6. The minimum Gasteiger partial charge on any atom is -0.351 e. The second-order valence-electron chi connectivity index (χ2n) is 12.2. The van der Waals surface area contributed by atoms with E-state index in [4.69, 9.17) is 16.3 Å². The summed E-state index contributed by atoms with van der Waals surface area (Å²) in [5, 5.41) is 0.881. The SMILES string of the molecule is CCCOC1(C=CC2=C(Cl)C(=CC=C3N(C)c4ccccc4C3(C)C)CCC2)N(C)c2ccccc2C1(C)C. The number of nitrogens with zero attached hydrogens (tertiary/aromatic N) is 2. The van der Waals surface area contributed by atoms with Crippen molar-refractivity contribution in [2.24, 2.45) is 0 Å². The standard InChI is InChI=1S/C35H43ClN2O/c1-8-24-39-35(34(4,5)28-17-10-12-19-30(28)38(35)7)23-22-26-15-13-14-25(32(26)36)20-21-31-33(2,3)27-16-9-11-18-29(27)37(31)6/h9-12,16-23H,8,13-15,24H2,1-7H3. The van der Waals surface area contributed by atoms with Crippen molar-refractivity contribution in [2.45, 2.75) is 76.9 Å². The van der Waals surface area contributed by atoms with Crippen LogP contribution in [0.15, 0.2) is 94.7 Å². The van der Waals surface area contributed by atoms with Crippen LogP contribution in [-0.4, -0.2) is 26.4 Å². The maximum absolute atomic E-state index is 7.13. The van der Waals surface area contributed by atoms with Crippen LogP contribution >= 0.6 is 11.6 Å². The summed E-state index contributed by atoms with van der Waals surface area (Å²) in [4.78, 5) is 4.63. The summed E-state index contributed by atoms with van der Waals surface area (Å²) >= 11 is 7.13. The van der Waals surface area contributed by atoms with Gasteiger partial charge in [0.1, 0.15) is 0 Å². The average molecular weight is 543 g/mol. The van der Waals surface area contributed by atoms with Gasteiger partial charge in [-0.1, -0.05) is 94.8 Å². The first kappa shape index (κ1) is 27.8. The van der Waals surface area contributed by atoms with Crippen molar-refractivity contribution in [1.29, 1.82) is 0 Å². The molecule has 206 valence electrons. The van der Waals surface area contributed by atoms with Crippen molar-refractivity contribution < 1.29 is 4.74 Å². The zero-order valence-corrected chi connectivity index (χ0v) is 25.4. The molecule has 2 heterocycles. The van der Waals surface area contributed by atoms with Gasteiger partial charge in [0.2, 0.25) is 0 Å². The topological polar surface area (TPSA) is 15.7 Å².